The minimum atomic E-state index is -0.975. The van der Waals surface area contributed by atoms with E-state index < -0.39 is 5.97 Å². The second kappa shape index (κ2) is 8.79. The molecule has 1 rings (SSSR count). The smallest absolute Gasteiger partial charge is 0.323 e. The summed E-state index contributed by atoms with van der Waals surface area (Å²) in [5.74, 6) is -0.723. The fraction of sp³-hybridized carbons (Fsp3) is 0.857. The van der Waals surface area contributed by atoms with E-state index in [1.807, 2.05) is 13.8 Å². The van der Waals surface area contributed by atoms with Crippen LogP contribution >= 0.6 is 0 Å². The molecule has 2 amide bonds. The number of likely N-dealkylation sites (tertiary alicyclic amines) is 1. The lowest BCUT2D eigenvalue weighted by Gasteiger charge is -2.27. The van der Waals surface area contributed by atoms with E-state index in [9.17, 15) is 9.59 Å². The molecule has 20 heavy (non-hydrogen) atoms. The van der Waals surface area contributed by atoms with Gasteiger partial charge in [-0.25, -0.2) is 4.79 Å². The molecule has 0 radical (unpaired) electrons. The zero-order valence-corrected chi connectivity index (χ0v) is 12.6. The molecule has 1 aliphatic heterocycles. The van der Waals surface area contributed by atoms with Crippen LogP contribution in [0.3, 0.4) is 0 Å². The van der Waals surface area contributed by atoms with Gasteiger partial charge in [-0.15, -0.1) is 0 Å². The normalized spacial score (nSPS) is 16.1. The van der Waals surface area contributed by atoms with E-state index >= 15 is 0 Å². The molecule has 0 aromatic rings. The minimum Gasteiger partial charge on any atom is -0.480 e. The number of carbonyl (C=O) groups is 2. The van der Waals surface area contributed by atoms with Crippen LogP contribution in [0.5, 0.6) is 0 Å². The van der Waals surface area contributed by atoms with Crippen LogP contribution in [-0.4, -0.2) is 66.2 Å². The summed E-state index contributed by atoms with van der Waals surface area (Å²) in [7, 11) is 0. The van der Waals surface area contributed by atoms with Crippen LogP contribution in [-0.2, 0) is 4.79 Å². The molecule has 2 N–H and O–H groups in total. The number of rotatable bonds is 7. The van der Waals surface area contributed by atoms with Crippen molar-refractivity contribution in [3.05, 3.63) is 0 Å². The second-order valence-electron chi connectivity index (χ2n) is 5.80. The first-order valence-corrected chi connectivity index (χ1v) is 7.46. The molecular formula is C14H27N3O3. The number of hydrogen-bond donors (Lipinski definition) is 2. The summed E-state index contributed by atoms with van der Waals surface area (Å²) in [6, 6.07) is -0.280. The summed E-state index contributed by atoms with van der Waals surface area (Å²) in [5.41, 5.74) is 0. The van der Waals surface area contributed by atoms with Gasteiger partial charge in [0.05, 0.1) is 0 Å². The average Bonchev–Trinajstić information content (AvgIpc) is 2.38. The van der Waals surface area contributed by atoms with E-state index in [-0.39, 0.29) is 18.5 Å². The number of nitrogens with zero attached hydrogens (tertiary/aromatic N) is 2. The Labute approximate surface area is 121 Å². The zero-order valence-electron chi connectivity index (χ0n) is 12.6. The quantitative estimate of drug-likeness (QED) is 0.738. The Bertz CT molecular complexity index is 315. The van der Waals surface area contributed by atoms with Gasteiger partial charge in [0.15, 0.2) is 0 Å². The first kappa shape index (κ1) is 16.8. The maximum absolute atomic E-state index is 12.0. The van der Waals surface area contributed by atoms with Gasteiger partial charge < -0.3 is 20.2 Å². The molecule has 0 aromatic heterocycles. The van der Waals surface area contributed by atoms with Crippen molar-refractivity contribution in [2.24, 2.45) is 5.92 Å². The molecule has 0 saturated carbocycles. The van der Waals surface area contributed by atoms with E-state index in [1.54, 1.807) is 0 Å². The summed E-state index contributed by atoms with van der Waals surface area (Å²) in [5, 5.41) is 11.7. The molecule has 1 fully saturated rings. The fourth-order valence-electron chi connectivity index (χ4n) is 2.44. The van der Waals surface area contributed by atoms with Crippen molar-refractivity contribution in [1.29, 1.82) is 0 Å². The highest BCUT2D eigenvalue weighted by atomic mass is 16.4. The number of hydrogen-bond acceptors (Lipinski definition) is 3. The Balaban J connectivity index is 2.30. The van der Waals surface area contributed by atoms with Crippen molar-refractivity contribution >= 4 is 12.0 Å². The molecular weight excluding hydrogens is 258 g/mol. The number of amides is 2. The lowest BCUT2D eigenvalue weighted by Crippen LogP contribution is -2.46. The lowest BCUT2D eigenvalue weighted by molar-refractivity contribution is -0.137. The minimum absolute atomic E-state index is 0.242. The summed E-state index contributed by atoms with van der Waals surface area (Å²) in [6.45, 7) is 7.77. The van der Waals surface area contributed by atoms with E-state index in [0.29, 0.717) is 13.1 Å². The Morgan fingerprint density at radius 2 is 1.90 bits per heavy atom. The number of piperidine rings is 1. The van der Waals surface area contributed by atoms with Crippen molar-refractivity contribution in [1.82, 2.24) is 15.1 Å². The summed E-state index contributed by atoms with van der Waals surface area (Å²) >= 11 is 0. The van der Waals surface area contributed by atoms with Crippen LogP contribution in [0, 0.1) is 5.92 Å². The topological polar surface area (TPSA) is 72.9 Å². The van der Waals surface area contributed by atoms with E-state index in [2.05, 4.69) is 10.2 Å². The maximum Gasteiger partial charge on any atom is 0.323 e. The average molecular weight is 285 g/mol. The van der Waals surface area contributed by atoms with Gasteiger partial charge in [-0.3, -0.25) is 4.79 Å². The highest BCUT2D eigenvalue weighted by molar-refractivity contribution is 5.80. The monoisotopic (exact) mass is 285 g/mol. The van der Waals surface area contributed by atoms with Gasteiger partial charge in [0.2, 0.25) is 0 Å². The van der Waals surface area contributed by atoms with Gasteiger partial charge in [0.25, 0.3) is 0 Å². The van der Waals surface area contributed by atoms with Crippen molar-refractivity contribution in [3.63, 3.8) is 0 Å². The molecule has 116 valence electrons. The van der Waals surface area contributed by atoms with E-state index in [0.717, 1.165) is 19.6 Å². The molecule has 6 nitrogen and oxygen atoms in total. The first-order chi connectivity index (χ1) is 9.49. The van der Waals surface area contributed by atoms with Gasteiger partial charge in [-0.05, 0) is 31.8 Å². The van der Waals surface area contributed by atoms with Crippen LogP contribution in [0.25, 0.3) is 0 Å². The number of carboxylic acids is 1. The predicted molar refractivity (Wildman–Crippen MR) is 77.7 cm³/mol. The second-order valence-corrected chi connectivity index (χ2v) is 5.80. The molecule has 0 aromatic carbocycles. The number of carboxylic acid groups (broad SMARTS) is 1. The molecule has 1 saturated heterocycles. The Morgan fingerprint density at radius 3 is 2.45 bits per heavy atom. The standard InChI is InChI=1S/C14H27N3O3/c1-12(2)10-17(11-13(18)19)14(20)15-6-9-16-7-4-3-5-8-16/h12H,3-11H2,1-2H3,(H,15,20)(H,18,19). The first-order valence-electron chi connectivity index (χ1n) is 7.46. The van der Waals surface area contributed by atoms with Gasteiger partial charge in [-0.1, -0.05) is 20.3 Å². The summed E-state index contributed by atoms with van der Waals surface area (Å²) in [6.07, 6.45) is 3.75. The third-order valence-electron chi connectivity index (χ3n) is 3.35. The highest BCUT2D eigenvalue weighted by Gasteiger charge is 2.18. The Hall–Kier alpha value is -1.30. The molecule has 1 heterocycles. The molecule has 0 spiro atoms. The molecule has 0 atom stereocenters. The SMILES string of the molecule is CC(C)CN(CC(=O)O)C(=O)NCCN1CCCCC1. The largest absolute Gasteiger partial charge is 0.480 e. The fourth-order valence-corrected chi connectivity index (χ4v) is 2.44. The molecule has 0 bridgehead atoms. The van der Waals surface area contributed by atoms with Gasteiger partial charge in [-0.2, -0.15) is 0 Å². The predicted octanol–water partition coefficient (Wildman–Crippen LogP) is 1.22. The van der Waals surface area contributed by atoms with Gasteiger partial charge >= 0.3 is 12.0 Å². The van der Waals surface area contributed by atoms with Gasteiger partial charge in [0, 0.05) is 19.6 Å². The molecule has 6 heteroatoms. The van der Waals surface area contributed by atoms with Crippen molar-refractivity contribution < 1.29 is 14.7 Å². The molecule has 1 aliphatic rings. The zero-order chi connectivity index (χ0) is 15.0. The van der Waals surface area contributed by atoms with Crippen molar-refractivity contribution in [3.8, 4) is 0 Å². The van der Waals surface area contributed by atoms with Crippen LogP contribution in [0.1, 0.15) is 33.1 Å². The summed E-state index contributed by atoms with van der Waals surface area (Å²) < 4.78 is 0. The number of nitrogens with one attached hydrogen (secondary N) is 1. The number of carbonyl (C=O) groups excluding carboxylic acids is 1. The van der Waals surface area contributed by atoms with Gasteiger partial charge in [0.1, 0.15) is 6.54 Å². The third kappa shape index (κ3) is 6.75. The van der Waals surface area contributed by atoms with E-state index in [4.69, 9.17) is 5.11 Å². The lowest BCUT2D eigenvalue weighted by atomic mass is 10.1. The van der Waals surface area contributed by atoms with Crippen LogP contribution in [0.15, 0.2) is 0 Å². The van der Waals surface area contributed by atoms with Crippen LogP contribution < -0.4 is 5.32 Å². The van der Waals surface area contributed by atoms with Crippen molar-refractivity contribution in [2.45, 2.75) is 33.1 Å². The van der Waals surface area contributed by atoms with Crippen LogP contribution in [0.2, 0.25) is 0 Å². The Kier molecular flexibility index (Phi) is 7.36. The Morgan fingerprint density at radius 1 is 1.25 bits per heavy atom. The third-order valence-corrected chi connectivity index (χ3v) is 3.35. The summed E-state index contributed by atoms with van der Waals surface area (Å²) in [4.78, 5) is 26.5. The maximum atomic E-state index is 12.0. The molecule has 0 unspecified atom stereocenters. The van der Waals surface area contributed by atoms with Crippen molar-refractivity contribution in [2.75, 3.05) is 39.3 Å². The number of urea groups is 1. The molecule has 0 aliphatic carbocycles. The number of aliphatic carboxylic acids is 1. The van der Waals surface area contributed by atoms with E-state index in [1.165, 1.54) is 24.2 Å². The highest BCUT2D eigenvalue weighted by Crippen LogP contribution is 2.07. The van der Waals surface area contributed by atoms with Crippen LogP contribution in [0.4, 0.5) is 4.79 Å².